The first-order chi connectivity index (χ1) is 51.8. The van der Waals surface area contributed by atoms with E-state index in [2.05, 4.69) is 72.2 Å². The molecule has 12 heterocycles. The second kappa shape index (κ2) is 46.0. The molecule has 0 unspecified atom stereocenters. The molecule has 113 heavy (non-hydrogen) atoms. The fourth-order valence-electron chi connectivity index (χ4n) is 14.3. The van der Waals surface area contributed by atoms with E-state index in [0.717, 1.165) is 55.1 Å². The number of thiocarbonyl (C=S) groups is 4. The van der Waals surface area contributed by atoms with Gasteiger partial charge in [-0.15, -0.1) is 10.1 Å². The van der Waals surface area contributed by atoms with E-state index in [1.165, 1.54) is 21.3 Å². The van der Waals surface area contributed by atoms with Crippen LogP contribution in [0.25, 0.3) is 0 Å². The van der Waals surface area contributed by atoms with Crippen molar-refractivity contribution < 1.29 is 155 Å². The van der Waals surface area contributed by atoms with Crippen molar-refractivity contribution in [1.82, 2.24) is 63.3 Å². The summed E-state index contributed by atoms with van der Waals surface area (Å²) < 4.78 is 121. The van der Waals surface area contributed by atoms with E-state index in [9.17, 15) is 91.2 Å². The number of unbranched alkanes of at least 4 members (excludes halogenated alkanes) is 5. The average Bonchev–Trinajstić information content (AvgIpc) is 1.55. The van der Waals surface area contributed by atoms with Gasteiger partial charge in [-0.2, -0.15) is 36.7 Å². The first-order valence-corrected chi connectivity index (χ1v) is 44.6. The van der Waals surface area contributed by atoms with Crippen LogP contribution in [-0.2, 0) is 101 Å². The Kier molecular flexibility index (Phi) is 40.6. The van der Waals surface area contributed by atoms with E-state index in [1.807, 2.05) is 23.5 Å². The number of rotatable bonds is 27. The number of carboxylic acid groups (broad SMARTS) is 1. The summed E-state index contributed by atoms with van der Waals surface area (Å²) in [5.74, 6) is -5.13. The van der Waals surface area contributed by atoms with Gasteiger partial charge in [0.1, 0.15) is 0 Å². The summed E-state index contributed by atoms with van der Waals surface area (Å²) in [7, 11) is -5.18. The molecule has 634 valence electrons. The quantitative estimate of drug-likeness (QED) is 0.00813. The van der Waals surface area contributed by atoms with E-state index >= 15 is 0 Å². The molecule has 0 saturated carbocycles. The van der Waals surface area contributed by atoms with Crippen LogP contribution in [0.15, 0.2) is 0 Å². The van der Waals surface area contributed by atoms with Gasteiger partial charge in [0.25, 0.3) is 23.6 Å². The Morgan fingerprint density at radius 3 is 1.06 bits per heavy atom. The fraction of sp³-hybridized carbons (Fsp3) is 0.766. The minimum atomic E-state index is -5.22. The first-order valence-electron chi connectivity index (χ1n) is 35.7. The molecule has 0 spiro atoms. The van der Waals surface area contributed by atoms with Crippen LogP contribution in [0.4, 0.5) is 18.0 Å². The van der Waals surface area contributed by atoms with Gasteiger partial charge in [-0.05, 0) is 113 Å². The number of nitrogens with one attached hydrogen (secondary N) is 10. The summed E-state index contributed by atoms with van der Waals surface area (Å²) in [5, 5.41) is 41.3. The van der Waals surface area contributed by atoms with Gasteiger partial charge in [0.05, 0.1) is 115 Å². The number of fused-ring (bicyclic) bond motifs is 5. The van der Waals surface area contributed by atoms with Crippen molar-refractivity contribution in [3.05, 3.63) is 0 Å². The first kappa shape index (κ1) is 99.8. The number of aliphatic carboxylic acids is 1. The van der Waals surface area contributed by atoms with Gasteiger partial charge in [0.2, 0.25) is 0 Å². The Morgan fingerprint density at radius 1 is 0.434 bits per heavy atom. The van der Waals surface area contributed by atoms with Crippen molar-refractivity contribution >= 4 is 188 Å². The number of amides is 6. The predicted octanol–water partition coefficient (Wildman–Crippen LogP) is -1.90. The smallest absolute Gasteiger partial charge is 0.870 e. The summed E-state index contributed by atoms with van der Waals surface area (Å²) >= 11 is 24.0. The maximum Gasteiger partial charge on any atom is 1.00 e. The monoisotopic (exact) mass is 1790 g/mol. The molecule has 0 aromatic rings. The normalized spacial score (nSPS) is 28.5. The van der Waals surface area contributed by atoms with Crippen LogP contribution < -0.4 is 82.7 Å². The number of alkyl halides is 3. The number of imide groups is 2. The third-order valence-electron chi connectivity index (χ3n) is 19.7. The molecule has 12 N–H and O–H groups in total. The molecule has 0 aliphatic carbocycles. The molecule has 12 rings (SSSR count). The number of carbonyl (C=O) groups is 11. The zero-order valence-corrected chi connectivity index (χ0v) is 71.1. The number of sulfone groups is 3. The molecule has 12 aliphatic rings. The Hall–Kier alpha value is -5.57. The van der Waals surface area contributed by atoms with Gasteiger partial charge in [0, 0.05) is 79.8 Å². The van der Waals surface area contributed by atoms with E-state index in [0.29, 0.717) is 120 Å². The van der Waals surface area contributed by atoms with E-state index < -0.39 is 93.0 Å². The number of hydrogen-bond acceptors (Lipinski definition) is 29. The minimum absolute atomic E-state index is 0. The molecule has 0 aromatic carbocycles. The maximum absolute atomic E-state index is 12.2. The van der Waals surface area contributed by atoms with E-state index in [1.54, 1.807) is 0 Å². The zero-order chi connectivity index (χ0) is 81.0. The molecule has 0 bridgehead atoms. The number of urea groups is 1. The van der Waals surface area contributed by atoms with Gasteiger partial charge in [-0.3, -0.25) is 38.4 Å². The van der Waals surface area contributed by atoms with E-state index in [4.69, 9.17) is 58.8 Å². The van der Waals surface area contributed by atoms with Crippen LogP contribution in [-0.4, -0.2) is 275 Å². The number of methoxy groups -OCH3 is 3. The summed E-state index contributed by atoms with van der Waals surface area (Å²) in [5.41, 5.74) is 0. The number of carbonyl (C=O) groups excluding carboxylic acids is 10. The average molecular weight is 1790 g/mol. The third-order valence-corrected chi connectivity index (χ3v) is 30.5. The summed E-state index contributed by atoms with van der Waals surface area (Å²) in [6.45, 7) is 0. The third kappa shape index (κ3) is 29.5. The van der Waals surface area contributed by atoms with Crippen LogP contribution >= 0.6 is 72.4 Å². The van der Waals surface area contributed by atoms with Gasteiger partial charge in [-0.25, -0.2) is 39.6 Å². The second-order valence-electron chi connectivity index (χ2n) is 27.5. The number of halogens is 3. The molecule has 6 amide bonds. The predicted molar refractivity (Wildman–Crippen MR) is 415 cm³/mol. The van der Waals surface area contributed by atoms with Crippen molar-refractivity contribution in [2.24, 2.45) is 0 Å². The molecule has 0 radical (unpaired) electrons. The van der Waals surface area contributed by atoms with Crippen molar-refractivity contribution in [3.8, 4) is 0 Å². The van der Waals surface area contributed by atoms with Crippen molar-refractivity contribution in [2.45, 2.75) is 254 Å². The second-order valence-corrected chi connectivity index (χ2v) is 38.4. The Balaban J connectivity index is 0.000000287. The Labute approximate surface area is 705 Å². The molecule has 12 aliphatic heterocycles. The number of nitrogens with zero attached hydrogens (tertiary/aromatic N) is 2. The molecule has 49 heteroatoms. The van der Waals surface area contributed by atoms with Crippen LogP contribution in [0.3, 0.4) is 0 Å². The van der Waals surface area contributed by atoms with E-state index in [-0.39, 0.29) is 176 Å². The maximum atomic E-state index is 12.2. The van der Waals surface area contributed by atoms with Gasteiger partial charge < -0.3 is 87.6 Å². The van der Waals surface area contributed by atoms with Crippen LogP contribution in [0.2, 0.25) is 0 Å². The molecule has 0 aromatic heterocycles. The number of thioether (sulfide) groups is 2. The van der Waals surface area contributed by atoms with Crippen molar-refractivity contribution in [2.75, 3.05) is 50.1 Å². The van der Waals surface area contributed by atoms with Gasteiger partial charge >= 0.3 is 77.6 Å². The molecule has 36 nitrogen and oxygen atoms in total. The number of hydrogen-bond donors (Lipinski definition) is 11. The molecule has 12 saturated heterocycles. The molecule has 12 fully saturated rings. The topological polar surface area (TPSA) is 513 Å². The largest absolute Gasteiger partial charge is 1.00 e. The zero-order valence-electron chi connectivity index (χ0n) is 61.7. The molecular weight excluding hydrogens is 1690 g/mol. The van der Waals surface area contributed by atoms with Crippen LogP contribution in [0, 0.1) is 0 Å². The summed E-state index contributed by atoms with van der Waals surface area (Å²) in [6.07, 6.45) is 6.74. The standard InChI is InChI=1S/C14H19N3O6S2.C11H18N2O4S2.C11H18N2O3S.C11H18N2O2S2.C10H16N2O4S2.C6H4F3NO4.CH4.Na.H2O/c18-10-5-6-11(19)17(10)23-12(20)4-2-1-3-9-13-8(7-25(9,21)22)15-14(24)16-13;1-17-9(14)5-3-2-4-8-10-7(6-19(8,15)16)12-11(18)13-10;1-16-9(14)5-3-2-4-8-10-7(6-17-8)12-11(15)13-10;1-15-9(14)5-3-2-4-8-10-7(6-17-8)12-11(16)13-10;13-8(14)4-2-1-3-7-9-6(5-18(7,15)16)11-10(17)12-9;7-6(8,9)5(13)14-10-3(11)1-2-4(10)12;;;/h8-9,13H,1-7H2,(H2,15,16,24);7-8,10H,2-6H2,1H3,(H2,12,13,18);7-8,10H,2-6H2,1H3,(H2,12,13,15);7-8,10H,2-6H2,1H3,(H2,12,13,16);6-7,9H,1-5H2,(H,13,14)(H2,11,12,17);1-2H2;1H4;;1H2/q;;;;;;;+1;/p-1/t8-,9-,13-;3*7-,8-,10-;6-,7-,9-;;;;/m00000..../s1. The summed E-state index contributed by atoms with van der Waals surface area (Å²) in [4.78, 5) is 129. The Bertz CT molecular complexity index is 3720. The SMILES string of the molecule is C.COC(=O)CCCC[C@@H]1SC[C@@H]2NC(=O)N[C@@H]21.COC(=O)CCCC[C@@H]1SC[C@@H]2NC(=S)N[C@@H]21.COC(=O)CCCC[C@H]1[C@H]2NC(=S)N[C@H]2CS1(=O)=O.O=C(CCCC[C@H]1[C@H]2NC(=S)N[C@H]2CS1(=O)=O)ON1C(=O)CCC1=O.O=C(O)CCCC[C@H]1[C@H]2NC(=S)N[C@H]2CS1(=O)=O.O=C1CCC(=O)N1OC(=O)C(F)(F)F.[Na+].[OH-]. The van der Waals surface area contributed by atoms with Gasteiger partial charge in [0.15, 0.2) is 50.0 Å². The molecular formula is C64H98F3N12NaO24S9. The number of ether oxygens (including phenoxy) is 3. The fourth-order valence-corrected chi connectivity index (χ4v) is 25.3. The van der Waals surface area contributed by atoms with Crippen LogP contribution in [0.5, 0.6) is 0 Å². The molecule has 15 atom stereocenters. The van der Waals surface area contributed by atoms with Gasteiger partial charge in [-0.1, -0.05) is 39.5 Å². The minimum Gasteiger partial charge on any atom is -0.870 e. The Morgan fingerprint density at radius 2 is 0.726 bits per heavy atom. The van der Waals surface area contributed by atoms with Crippen LogP contribution in [0.1, 0.15) is 162 Å². The number of hydroxylamine groups is 4. The number of esters is 3. The van der Waals surface area contributed by atoms with Crippen molar-refractivity contribution in [3.63, 3.8) is 0 Å². The van der Waals surface area contributed by atoms with Crippen molar-refractivity contribution in [1.29, 1.82) is 0 Å². The number of carboxylic acids is 1. The summed E-state index contributed by atoms with van der Waals surface area (Å²) in [6, 6.07) is 0.536.